The molecule has 2 aliphatic heterocycles. The van der Waals surface area contributed by atoms with E-state index in [0.29, 0.717) is 18.0 Å². The molecule has 4 amide bonds. The third-order valence-corrected chi connectivity index (χ3v) is 9.78. The normalized spacial score (nSPS) is 15.4. The first-order valence-corrected chi connectivity index (χ1v) is 19.4. The van der Waals surface area contributed by atoms with Gasteiger partial charge >= 0.3 is 0 Å². The van der Waals surface area contributed by atoms with Crippen molar-refractivity contribution in [2.45, 2.75) is 6.42 Å². The van der Waals surface area contributed by atoms with E-state index in [1.54, 1.807) is 42.6 Å². The van der Waals surface area contributed by atoms with Gasteiger partial charge in [-0.1, -0.05) is 42.5 Å². The number of hydrazine groups is 2. The molecule has 11 nitrogen and oxygen atoms in total. The van der Waals surface area contributed by atoms with Crippen molar-refractivity contribution in [1.82, 2.24) is 20.7 Å². The summed E-state index contributed by atoms with van der Waals surface area (Å²) < 4.78 is 7.81. The number of carbonyl (C=O) groups excluding carboxylic acids is 4. The molecular formula is C42H36I2N6O5. The summed E-state index contributed by atoms with van der Waals surface area (Å²) in [7, 11) is 4.06. The van der Waals surface area contributed by atoms with E-state index in [-0.39, 0.29) is 23.0 Å². The number of rotatable bonds is 10. The minimum atomic E-state index is -0.410. The van der Waals surface area contributed by atoms with E-state index < -0.39 is 11.8 Å². The second-order valence-corrected chi connectivity index (χ2v) is 15.1. The highest BCUT2D eigenvalue weighted by Crippen LogP contribution is 2.25. The average Bonchev–Trinajstić information content (AvgIpc) is 3.63. The van der Waals surface area contributed by atoms with Crippen LogP contribution in [-0.4, -0.2) is 60.8 Å². The van der Waals surface area contributed by atoms with Gasteiger partial charge in [0.1, 0.15) is 16.9 Å². The first-order chi connectivity index (χ1) is 26.5. The Hall–Kier alpha value is -5.39. The van der Waals surface area contributed by atoms with Crippen molar-refractivity contribution in [3.63, 3.8) is 0 Å². The predicted molar refractivity (Wildman–Crippen MR) is 230 cm³/mol. The van der Waals surface area contributed by atoms with Crippen molar-refractivity contribution in [1.29, 1.82) is 0 Å². The number of benzene rings is 4. The Kier molecular flexibility index (Phi) is 13.1. The third kappa shape index (κ3) is 10.2. The van der Waals surface area contributed by atoms with Crippen molar-refractivity contribution >= 4 is 92.3 Å². The zero-order chi connectivity index (χ0) is 38.9. The van der Waals surface area contributed by atoms with Gasteiger partial charge in [-0.3, -0.25) is 35.0 Å². The topological polar surface area (TPSA) is 124 Å². The van der Waals surface area contributed by atoms with Crippen LogP contribution in [0, 0.1) is 7.14 Å². The quantitative estimate of drug-likeness (QED) is 0.0677. The lowest BCUT2D eigenvalue weighted by molar-refractivity contribution is -0.118. The Morgan fingerprint density at radius 2 is 1.15 bits per heavy atom. The molecular weight excluding hydrogens is 922 g/mol. The van der Waals surface area contributed by atoms with Gasteiger partial charge in [-0.2, -0.15) is 0 Å². The van der Waals surface area contributed by atoms with Crippen LogP contribution in [0.1, 0.15) is 17.5 Å². The summed E-state index contributed by atoms with van der Waals surface area (Å²) >= 11 is 4.38. The van der Waals surface area contributed by atoms with Crippen LogP contribution in [0.4, 0.5) is 11.4 Å². The summed E-state index contributed by atoms with van der Waals surface area (Å²) in [6.45, 7) is 1.61. The predicted octanol–water partition coefficient (Wildman–Crippen LogP) is 6.90. The van der Waals surface area contributed by atoms with Crippen molar-refractivity contribution in [2.75, 3.05) is 37.3 Å². The molecule has 2 saturated heterocycles. The number of aromatic nitrogens is 1. The highest BCUT2D eigenvalue weighted by atomic mass is 127. The molecule has 2 aliphatic rings. The molecule has 1 aromatic heterocycles. The fraction of sp³-hybridized carbons (Fsp3) is 0.119. The van der Waals surface area contributed by atoms with E-state index in [1.807, 2.05) is 105 Å². The maximum absolute atomic E-state index is 12.7. The maximum Gasteiger partial charge on any atom is 0.282 e. The molecule has 0 bridgehead atoms. The van der Waals surface area contributed by atoms with Gasteiger partial charge < -0.3 is 9.64 Å². The summed E-state index contributed by atoms with van der Waals surface area (Å²) in [6.07, 6.45) is 5.89. The van der Waals surface area contributed by atoms with Gasteiger partial charge in [-0.05, 0) is 162 Å². The van der Waals surface area contributed by atoms with Crippen LogP contribution in [0.5, 0.6) is 5.75 Å². The third-order valence-electron chi connectivity index (χ3n) is 8.34. The van der Waals surface area contributed by atoms with Gasteiger partial charge in [0.2, 0.25) is 0 Å². The lowest BCUT2D eigenvalue weighted by Gasteiger charge is -2.14. The number of hydrogen-bond acceptors (Lipinski definition) is 7. The molecule has 0 atom stereocenters. The number of ether oxygens (including phenoxy) is 1. The summed E-state index contributed by atoms with van der Waals surface area (Å²) in [5, 5.41) is 2.54. The highest BCUT2D eigenvalue weighted by Gasteiger charge is 2.35. The molecule has 3 heterocycles. The fourth-order valence-electron chi connectivity index (χ4n) is 5.51. The fourth-order valence-corrected chi connectivity index (χ4v) is 6.23. The molecule has 7 rings (SSSR count). The molecule has 13 heteroatoms. The first-order valence-electron chi connectivity index (χ1n) is 17.2. The van der Waals surface area contributed by atoms with Crippen LogP contribution in [0.15, 0.2) is 133 Å². The number of halogens is 2. The highest BCUT2D eigenvalue weighted by molar-refractivity contribution is 14.1. The second kappa shape index (κ2) is 18.3. The Morgan fingerprint density at radius 3 is 1.60 bits per heavy atom. The zero-order valence-corrected chi connectivity index (χ0v) is 34.2. The van der Waals surface area contributed by atoms with Crippen molar-refractivity contribution < 1.29 is 23.9 Å². The number of amides is 4. The van der Waals surface area contributed by atoms with Crippen LogP contribution in [0.25, 0.3) is 23.4 Å². The number of anilines is 2. The average molecular weight is 959 g/mol. The van der Waals surface area contributed by atoms with Gasteiger partial charge in [0.15, 0.2) is 0 Å². The lowest BCUT2D eigenvalue weighted by Crippen LogP contribution is -2.35. The SMILES string of the molecule is CN(C)CCCOc1ccc(C=C2C(=O)NN(c3ccc(I)cc3)C2=O)cc1.O=C1NN(c2ccc(I)cc2)C(=O)C1=Cc1ccc(-c2ccccn2)cc1. The molecule has 0 aliphatic carbocycles. The number of hydrogen-bond donors (Lipinski definition) is 2. The zero-order valence-electron chi connectivity index (χ0n) is 29.9. The Balaban J connectivity index is 0.000000187. The number of nitrogens with zero attached hydrogens (tertiary/aromatic N) is 4. The van der Waals surface area contributed by atoms with E-state index >= 15 is 0 Å². The van der Waals surface area contributed by atoms with Gasteiger partial charge in [0, 0.05) is 25.4 Å². The van der Waals surface area contributed by atoms with E-state index in [0.717, 1.165) is 48.2 Å². The lowest BCUT2D eigenvalue weighted by atomic mass is 10.1. The van der Waals surface area contributed by atoms with Crippen molar-refractivity contribution in [3.05, 3.63) is 151 Å². The number of pyridine rings is 1. The molecule has 0 spiro atoms. The Labute approximate surface area is 346 Å². The van der Waals surface area contributed by atoms with Gasteiger partial charge in [0.05, 0.1) is 23.7 Å². The molecule has 2 N–H and O–H groups in total. The monoisotopic (exact) mass is 958 g/mol. The standard InChI is InChI=1S/C21H22IN3O3.C21H14IN3O2/c1-24(2)12-3-13-28-18-10-4-15(5-11-18)14-19-20(26)23-25(21(19)27)17-8-6-16(22)7-9-17;22-16-8-10-17(11-9-16)25-21(27)18(20(26)24-25)13-14-4-6-15(7-5-14)19-3-1-2-12-23-19/h4-11,14H,3,12-13H2,1-2H3,(H,23,26);1-13H,(H,24,26). The largest absolute Gasteiger partial charge is 0.494 e. The molecule has 4 aromatic carbocycles. The van der Waals surface area contributed by atoms with Crippen molar-refractivity contribution in [3.8, 4) is 17.0 Å². The minimum Gasteiger partial charge on any atom is -0.494 e. The molecule has 278 valence electrons. The van der Waals surface area contributed by atoms with E-state index in [1.165, 1.54) is 10.0 Å². The molecule has 2 fully saturated rings. The van der Waals surface area contributed by atoms with E-state index in [9.17, 15) is 19.2 Å². The number of carbonyl (C=O) groups is 4. The summed E-state index contributed by atoms with van der Waals surface area (Å²) in [6, 6.07) is 35.4. The van der Waals surface area contributed by atoms with Gasteiger partial charge in [-0.15, -0.1) is 0 Å². The van der Waals surface area contributed by atoms with Crippen LogP contribution in [0.2, 0.25) is 0 Å². The Morgan fingerprint density at radius 1 is 0.655 bits per heavy atom. The summed E-state index contributed by atoms with van der Waals surface area (Å²) in [5.41, 5.74) is 10.1. The summed E-state index contributed by atoms with van der Waals surface area (Å²) in [5.74, 6) is -0.784. The van der Waals surface area contributed by atoms with Crippen LogP contribution < -0.4 is 25.6 Å². The van der Waals surface area contributed by atoms with Crippen LogP contribution in [0.3, 0.4) is 0 Å². The minimum absolute atomic E-state index is 0.109. The van der Waals surface area contributed by atoms with E-state index in [2.05, 4.69) is 65.9 Å². The van der Waals surface area contributed by atoms with Crippen LogP contribution >= 0.6 is 45.2 Å². The number of nitrogens with one attached hydrogen (secondary N) is 2. The van der Waals surface area contributed by atoms with E-state index in [4.69, 9.17) is 4.74 Å². The van der Waals surface area contributed by atoms with Gasteiger partial charge in [-0.25, -0.2) is 10.0 Å². The maximum atomic E-state index is 12.7. The summed E-state index contributed by atoms with van der Waals surface area (Å²) in [4.78, 5) is 56.3. The molecule has 0 unspecified atom stereocenters. The van der Waals surface area contributed by atoms with Crippen LogP contribution in [-0.2, 0) is 19.2 Å². The molecule has 5 aromatic rings. The molecule has 0 saturated carbocycles. The van der Waals surface area contributed by atoms with Crippen molar-refractivity contribution in [2.24, 2.45) is 0 Å². The smallest absolute Gasteiger partial charge is 0.282 e. The molecule has 0 radical (unpaired) electrons. The van der Waals surface area contributed by atoms with Gasteiger partial charge in [0.25, 0.3) is 23.6 Å². The Bertz CT molecular complexity index is 2230. The second-order valence-electron chi connectivity index (χ2n) is 12.6. The first kappa shape index (κ1) is 39.3. The molecule has 55 heavy (non-hydrogen) atoms.